The van der Waals surface area contributed by atoms with Crippen LogP contribution in [0.15, 0.2) is 0 Å². The Morgan fingerprint density at radius 2 is 1.64 bits per heavy atom. The van der Waals surface area contributed by atoms with Gasteiger partial charge in [0.05, 0.1) is 0 Å². The van der Waals surface area contributed by atoms with Crippen LogP contribution in [0.4, 0.5) is 0 Å². The predicted molar refractivity (Wildman–Crippen MR) is 113 cm³/mol. The summed E-state index contributed by atoms with van der Waals surface area (Å²) in [6.45, 7) is 16.8. The van der Waals surface area contributed by atoms with E-state index in [0.717, 1.165) is 29.6 Å². The van der Waals surface area contributed by atoms with Gasteiger partial charge >= 0.3 is 0 Å². The van der Waals surface area contributed by atoms with E-state index in [-0.39, 0.29) is 0 Å². The maximum atomic E-state index is 2.71. The van der Waals surface area contributed by atoms with Crippen LogP contribution < -0.4 is 0 Å². The molecule has 3 saturated carbocycles. The SMILES string of the molecule is CC.CCCC(C)C1(C)CCC2C(CCC3CCCCC32C)C1CC. The Labute approximate surface area is 159 Å². The zero-order valence-electron chi connectivity index (χ0n) is 18.7. The van der Waals surface area contributed by atoms with Crippen molar-refractivity contribution in [3.8, 4) is 0 Å². The van der Waals surface area contributed by atoms with Gasteiger partial charge in [-0.15, -0.1) is 0 Å². The van der Waals surface area contributed by atoms with Crippen molar-refractivity contribution in [1.82, 2.24) is 0 Å². The monoisotopic (exact) mass is 348 g/mol. The summed E-state index contributed by atoms with van der Waals surface area (Å²) in [5, 5.41) is 0. The van der Waals surface area contributed by atoms with Gasteiger partial charge < -0.3 is 0 Å². The normalized spacial score (nSPS) is 44.8. The lowest BCUT2D eigenvalue weighted by atomic mass is 9.43. The van der Waals surface area contributed by atoms with E-state index in [1.807, 2.05) is 13.8 Å². The van der Waals surface area contributed by atoms with Gasteiger partial charge in [0.15, 0.2) is 0 Å². The molecule has 0 N–H and O–H groups in total. The highest BCUT2D eigenvalue weighted by Gasteiger charge is 2.56. The maximum absolute atomic E-state index is 2.71. The van der Waals surface area contributed by atoms with Gasteiger partial charge in [0.25, 0.3) is 0 Å². The Morgan fingerprint density at radius 3 is 2.28 bits per heavy atom. The molecule has 0 bridgehead atoms. The Hall–Kier alpha value is 0. The van der Waals surface area contributed by atoms with Crippen molar-refractivity contribution in [2.45, 2.75) is 119 Å². The van der Waals surface area contributed by atoms with E-state index in [2.05, 4.69) is 34.6 Å². The molecule has 148 valence electrons. The zero-order chi connectivity index (χ0) is 18.7. The van der Waals surface area contributed by atoms with E-state index >= 15 is 0 Å². The van der Waals surface area contributed by atoms with Crippen LogP contribution >= 0.6 is 0 Å². The van der Waals surface area contributed by atoms with E-state index in [1.165, 1.54) is 44.9 Å². The highest BCUT2D eigenvalue weighted by Crippen LogP contribution is 2.64. The van der Waals surface area contributed by atoms with Crippen LogP contribution in [0.25, 0.3) is 0 Å². The molecule has 7 atom stereocenters. The summed E-state index contributed by atoms with van der Waals surface area (Å²) < 4.78 is 0. The first-order valence-electron chi connectivity index (χ1n) is 12.0. The Bertz CT molecular complexity index is 399. The fourth-order valence-corrected chi connectivity index (χ4v) is 7.79. The van der Waals surface area contributed by atoms with Crippen molar-refractivity contribution in [2.75, 3.05) is 0 Å². The molecular weight excluding hydrogens is 300 g/mol. The van der Waals surface area contributed by atoms with Crippen molar-refractivity contribution in [2.24, 2.45) is 40.4 Å². The van der Waals surface area contributed by atoms with Gasteiger partial charge in [-0.25, -0.2) is 0 Å². The second-order valence-corrected chi connectivity index (χ2v) is 10.0. The molecule has 0 aromatic rings. The Balaban J connectivity index is 0.00000109. The van der Waals surface area contributed by atoms with Crippen molar-refractivity contribution < 1.29 is 0 Å². The highest BCUT2D eigenvalue weighted by molar-refractivity contribution is 5.05. The Morgan fingerprint density at radius 1 is 0.920 bits per heavy atom. The molecule has 3 aliphatic rings. The van der Waals surface area contributed by atoms with Crippen LogP contribution in [0, 0.1) is 40.4 Å². The van der Waals surface area contributed by atoms with E-state index in [4.69, 9.17) is 0 Å². The number of fused-ring (bicyclic) bond motifs is 3. The number of hydrogen-bond acceptors (Lipinski definition) is 0. The number of hydrogen-bond donors (Lipinski definition) is 0. The third-order valence-electron chi connectivity index (χ3n) is 9.31. The molecule has 3 rings (SSSR count). The van der Waals surface area contributed by atoms with Crippen LogP contribution in [0.5, 0.6) is 0 Å². The van der Waals surface area contributed by atoms with Gasteiger partial charge in [-0.1, -0.05) is 80.6 Å². The molecule has 25 heavy (non-hydrogen) atoms. The zero-order valence-corrected chi connectivity index (χ0v) is 18.7. The maximum Gasteiger partial charge on any atom is -0.0266 e. The molecule has 7 unspecified atom stereocenters. The molecule has 0 spiro atoms. The summed E-state index contributed by atoms with van der Waals surface area (Å²) in [7, 11) is 0. The lowest BCUT2D eigenvalue weighted by molar-refractivity contribution is -0.126. The summed E-state index contributed by atoms with van der Waals surface area (Å²) >= 11 is 0. The van der Waals surface area contributed by atoms with Crippen molar-refractivity contribution in [3.63, 3.8) is 0 Å². The van der Waals surface area contributed by atoms with Crippen molar-refractivity contribution in [3.05, 3.63) is 0 Å². The van der Waals surface area contributed by atoms with Crippen LogP contribution in [-0.4, -0.2) is 0 Å². The molecule has 0 saturated heterocycles. The Kier molecular flexibility index (Phi) is 7.49. The van der Waals surface area contributed by atoms with Gasteiger partial charge in [0, 0.05) is 0 Å². The molecule has 0 aromatic carbocycles. The minimum atomic E-state index is 0.615. The topological polar surface area (TPSA) is 0 Å². The highest BCUT2D eigenvalue weighted by atomic mass is 14.6. The van der Waals surface area contributed by atoms with Gasteiger partial charge in [0.1, 0.15) is 0 Å². The standard InChI is InChI=1S/C23H42.C2H6/c1-6-10-17(3)22(4)16-14-21-19(20(22)7-2)13-12-18-11-8-9-15-23(18,21)5;1-2/h17-21H,6-16H2,1-5H3;1-2H3. The molecule has 0 radical (unpaired) electrons. The van der Waals surface area contributed by atoms with E-state index in [0.29, 0.717) is 10.8 Å². The van der Waals surface area contributed by atoms with Crippen molar-refractivity contribution >= 4 is 0 Å². The average molecular weight is 349 g/mol. The number of rotatable bonds is 4. The smallest absolute Gasteiger partial charge is 0.0266 e. The summed E-state index contributed by atoms with van der Waals surface area (Å²) in [6, 6.07) is 0. The fraction of sp³-hybridized carbons (Fsp3) is 1.00. The van der Waals surface area contributed by atoms with E-state index in [1.54, 1.807) is 25.7 Å². The molecular formula is C25H48. The van der Waals surface area contributed by atoms with Crippen LogP contribution in [0.3, 0.4) is 0 Å². The minimum Gasteiger partial charge on any atom is -0.0683 e. The second kappa shape index (κ2) is 8.79. The molecule has 0 aromatic heterocycles. The van der Waals surface area contributed by atoms with E-state index in [9.17, 15) is 0 Å². The third-order valence-corrected chi connectivity index (χ3v) is 9.31. The lowest BCUT2D eigenvalue weighted by Gasteiger charge is -2.62. The molecule has 0 aliphatic heterocycles. The quantitative estimate of drug-likeness (QED) is 0.477. The van der Waals surface area contributed by atoms with Gasteiger partial charge in [0.2, 0.25) is 0 Å². The van der Waals surface area contributed by atoms with E-state index < -0.39 is 0 Å². The molecule has 0 amide bonds. The molecule has 3 fully saturated rings. The van der Waals surface area contributed by atoms with Crippen molar-refractivity contribution in [1.29, 1.82) is 0 Å². The second-order valence-electron chi connectivity index (χ2n) is 10.0. The molecule has 0 nitrogen and oxygen atoms in total. The summed E-state index contributed by atoms with van der Waals surface area (Å²) in [5.41, 5.74) is 1.31. The fourth-order valence-electron chi connectivity index (χ4n) is 7.79. The van der Waals surface area contributed by atoms with Gasteiger partial charge in [-0.3, -0.25) is 0 Å². The average Bonchev–Trinajstić information content (AvgIpc) is 2.62. The first-order valence-corrected chi connectivity index (χ1v) is 12.0. The third kappa shape index (κ3) is 3.70. The van der Waals surface area contributed by atoms with Gasteiger partial charge in [-0.05, 0) is 78.9 Å². The molecule has 0 heterocycles. The van der Waals surface area contributed by atoms with Gasteiger partial charge in [-0.2, -0.15) is 0 Å². The van der Waals surface area contributed by atoms with Crippen LogP contribution in [-0.2, 0) is 0 Å². The minimum absolute atomic E-state index is 0.615. The van der Waals surface area contributed by atoms with Crippen LogP contribution in [0.1, 0.15) is 119 Å². The molecule has 3 aliphatic carbocycles. The first kappa shape index (κ1) is 21.3. The summed E-state index contributed by atoms with van der Waals surface area (Å²) in [4.78, 5) is 0. The lowest BCUT2D eigenvalue weighted by Crippen LogP contribution is -2.54. The molecule has 0 heteroatoms. The predicted octanol–water partition coefficient (Wildman–Crippen LogP) is 8.50. The summed E-state index contributed by atoms with van der Waals surface area (Å²) in [6.07, 6.45) is 16.5. The largest absolute Gasteiger partial charge is 0.0683 e. The first-order chi connectivity index (χ1) is 12.0. The summed E-state index contributed by atoms with van der Waals surface area (Å²) in [5.74, 6) is 5.05. The van der Waals surface area contributed by atoms with Crippen LogP contribution in [0.2, 0.25) is 0 Å².